The Hall–Kier alpha value is -1.33. The molecule has 0 aliphatic rings. The zero-order valence-corrected chi connectivity index (χ0v) is 10.2. The predicted octanol–water partition coefficient (Wildman–Crippen LogP) is 1.92. The van der Waals surface area contributed by atoms with E-state index in [-0.39, 0.29) is 28.4 Å². The highest BCUT2D eigenvalue weighted by Crippen LogP contribution is 2.35. The van der Waals surface area contributed by atoms with Crippen LogP contribution in [0.3, 0.4) is 0 Å². The number of aliphatic carboxylic acids is 1. The molecule has 6 heteroatoms. The van der Waals surface area contributed by atoms with Crippen LogP contribution in [0.5, 0.6) is 5.75 Å². The average Bonchev–Trinajstić information content (AvgIpc) is 2.27. The summed E-state index contributed by atoms with van der Waals surface area (Å²) in [6.45, 7) is 1.35. The van der Waals surface area contributed by atoms with E-state index >= 15 is 0 Å². The molecule has 1 aromatic carbocycles. The third kappa shape index (κ3) is 2.50. The van der Waals surface area contributed by atoms with Crippen LogP contribution >= 0.6 is 11.6 Å². The lowest BCUT2D eigenvalue weighted by atomic mass is 9.96. The molecule has 0 bridgehead atoms. The molecule has 94 valence electrons. The minimum atomic E-state index is -1.10. The molecule has 0 saturated heterocycles. The minimum absolute atomic E-state index is 0.118. The number of benzene rings is 1. The van der Waals surface area contributed by atoms with Gasteiger partial charge < -0.3 is 15.6 Å². The van der Waals surface area contributed by atoms with Crippen LogP contribution in [0, 0.1) is 12.7 Å². The first kappa shape index (κ1) is 13.7. The summed E-state index contributed by atoms with van der Waals surface area (Å²) >= 11 is 5.69. The predicted molar refractivity (Wildman–Crippen MR) is 62.1 cm³/mol. The summed E-state index contributed by atoms with van der Waals surface area (Å²) in [5.74, 6) is -2.52. The van der Waals surface area contributed by atoms with Gasteiger partial charge in [0.2, 0.25) is 0 Å². The Morgan fingerprint density at radius 3 is 2.71 bits per heavy atom. The number of carboxylic acids is 1. The number of halogens is 2. The molecule has 0 heterocycles. The Bertz CT molecular complexity index is 451. The van der Waals surface area contributed by atoms with Crippen molar-refractivity contribution in [3.8, 4) is 5.75 Å². The molecule has 4 nitrogen and oxygen atoms in total. The van der Waals surface area contributed by atoms with E-state index < -0.39 is 17.7 Å². The van der Waals surface area contributed by atoms with E-state index in [1.54, 1.807) is 0 Å². The molecule has 0 radical (unpaired) electrons. The van der Waals surface area contributed by atoms with E-state index in [4.69, 9.17) is 27.2 Å². The van der Waals surface area contributed by atoms with Crippen LogP contribution in [-0.4, -0.2) is 24.7 Å². The fourth-order valence-corrected chi connectivity index (χ4v) is 1.91. The summed E-state index contributed by atoms with van der Waals surface area (Å²) < 4.78 is 18.6. The molecule has 0 saturated carbocycles. The molecule has 0 aliphatic carbocycles. The SMILES string of the molecule is COc1c(C(CN)C(=O)O)cc(Cl)c(F)c1C. The van der Waals surface area contributed by atoms with Crippen LogP contribution in [0.2, 0.25) is 5.02 Å². The van der Waals surface area contributed by atoms with Crippen molar-refractivity contribution in [1.82, 2.24) is 0 Å². The van der Waals surface area contributed by atoms with Crippen LogP contribution in [0.15, 0.2) is 6.07 Å². The maximum absolute atomic E-state index is 13.5. The summed E-state index contributed by atoms with van der Waals surface area (Å²) in [5.41, 5.74) is 5.85. The molecule has 1 rings (SSSR count). The summed E-state index contributed by atoms with van der Waals surface area (Å²) in [5, 5.41) is 8.88. The number of hydrogen-bond donors (Lipinski definition) is 2. The Morgan fingerprint density at radius 2 is 2.29 bits per heavy atom. The first-order valence-electron chi connectivity index (χ1n) is 4.89. The second-order valence-corrected chi connectivity index (χ2v) is 3.95. The fourth-order valence-electron chi connectivity index (χ4n) is 1.65. The largest absolute Gasteiger partial charge is 0.496 e. The van der Waals surface area contributed by atoms with Gasteiger partial charge in [0.1, 0.15) is 11.6 Å². The normalized spacial score (nSPS) is 12.3. The number of rotatable bonds is 4. The molecule has 1 unspecified atom stereocenters. The number of hydrogen-bond acceptors (Lipinski definition) is 3. The van der Waals surface area contributed by atoms with Crippen molar-refractivity contribution in [3.05, 3.63) is 28.0 Å². The number of carboxylic acid groups (broad SMARTS) is 1. The standard InChI is InChI=1S/C11H13ClFNO3/c1-5-9(13)8(12)3-6(10(5)17-2)7(4-14)11(15)16/h3,7H,4,14H2,1-2H3,(H,15,16). The smallest absolute Gasteiger partial charge is 0.312 e. The van der Waals surface area contributed by atoms with Crippen LogP contribution in [0.25, 0.3) is 0 Å². The van der Waals surface area contributed by atoms with Gasteiger partial charge in [0.15, 0.2) is 0 Å². The van der Waals surface area contributed by atoms with Crippen molar-refractivity contribution in [2.75, 3.05) is 13.7 Å². The molecule has 1 atom stereocenters. The quantitative estimate of drug-likeness (QED) is 0.869. The van der Waals surface area contributed by atoms with Crippen LogP contribution in [0.4, 0.5) is 4.39 Å². The van der Waals surface area contributed by atoms with Gasteiger partial charge in [-0.25, -0.2) is 4.39 Å². The Morgan fingerprint density at radius 1 is 1.71 bits per heavy atom. The first-order chi connectivity index (χ1) is 7.93. The van der Waals surface area contributed by atoms with Gasteiger partial charge in [-0.3, -0.25) is 4.79 Å². The lowest BCUT2D eigenvalue weighted by Crippen LogP contribution is -2.22. The minimum Gasteiger partial charge on any atom is -0.496 e. The zero-order valence-electron chi connectivity index (χ0n) is 9.46. The second-order valence-electron chi connectivity index (χ2n) is 3.55. The lowest BCUT2D eigenvalue weighted by molar-refractivity contribution is -0.138. The van der Waals surface area contributed by atoms with Crippen molar-refractivity contribution in [2.24, 2.45) is 5.73 Å². The maximum atomic E-state index is 13.5. The van der Waals surface area contributed by atoms with E-state index in [0.29, 0.717) is 0 Å². The second kappa shape index (κ2) is 5.33. The molecular formula is C11H13ClFNO3. The van der Waals surface area contributed by atoms with Gasteiger partial charge in [-0.1, -0.05) is 11.6 Å². The van der Waals surface area contributed by atoms with E-state index in [1.807, 2.05) is 0 Å². The highest BCUT2D eigenvalue weighted by atomic mass is 35.5. The highest BCUT2D eigenvalue weighted by molar-refractivity contribution is 6.31. The van der Waals surface area contributed by atoms with Crippen molar-refractivity contribution >= 4 is 17.6 Å². The average molecular weight is 262 g/mol. The monoisotopic (exact) mass is 261 g/mol. The van der Waals surface area contributed by atoms with Gasteiger partial charge in [0.05, 0.1) is 18.1 Å². The summed E-state index contributed by atoms with van der Waals surface area (Å²) in [4.78, 5) is 11.0. The van der Waals surface area contributed by atoms with Gasteiger partial charge in [-0.2, -0.15) is 0 Å². The zero-order chi connectivity index (χ0) is 13.2. The summed E-state index contributed by atoms with van der Waals surface area (Å²) in [6, 6.07) is 1.24. The van der Waals surface area contributed by atoms with E-state index in [9.17, 15) is 9.18 Å². The van der Waals surface area contributed by atoms with Crippen molar-refractivity contribution in [1.29, 1.82) is 0 Å². The molecular weight excluding hydrogens is 249 g/mol. The van der Waals surface area contributed by atoms with Gasteiger partial charge in [-0.05, 0) is 13.0 Å². The molecule has 3 N–H and O–H groups in total. The molecule has 0 amide bonds. The number of nitrogens with two attached hydrogens (primary N) is 1. The van der Waals surface area contributed by atoms with Gasteiger partial charge in [0.25, 0.3) is 0 Å². The lowest BCUT2D eigenvalue weighted by Gasteiger charge is -2.17. The molecule has 1 aromatic rings. The number of carbonyl (C=O) groups is 1. The molecule has 0 aliphatic heterocycles. The third-order valence-electron chi connectivity index (χ3n) is 2.54. The summed E-state index contributed by atoms with van der Waals surface area (Å²) in [6.07, 6.45) is 0. The molecule has 0 fully saturated rings. The highest BCUT2D eigenvalue weighted by Gasteiger charge is 2.25. The van der Waals surface area contributed by atoms with Crippen LogP contribution < -0.4 is 10.5 Å². The maximum Gasteiger partial charge on any atom is 0.312 e. The van der Waals surface area contributed by atoms with Crippen LogP contribution in [-0.2, 0) is 4.79 Å². The van der Waals surface area contributed by atoms with Crippen molar-refractivity contribution < 1.29 is 19.0 Å². The van der Waals surface area contributed by atoms with E-state index in [2.05, 4.69) is 0 Å². The van der Waals surface area contributed by atoms with Gasteiger partial charge in [0, 0.05) is 17.7 Å². The number of methoxy groups -OCH3 is 1. The van der Waals surface area contributed by atoms with Gasteiger partial charge >= 0.3 is 5.97 Å². The molecule has 0 aromatic heterocycles. The Labute approximate surface area is 103 Å². The Kier molecular flexibility index (Phi) is 4.31. The first-order valence-corrected chi connectivity index (χ1v) is 5.27. The molecule has 17 heavy (non-hydrogen) atoms. The Balaban J connectivity index is 3.46. The number of ether oxygens (including phenoxy) is 1. The fraction of sp³-hybridized carbons (Fsp3) is 0.364. The van der Waals surface area contributed by atoms with Crippen molar-refractivity contribution in [3.63, 3.8) is 0 Å². The molecule has 0 spiro atoms. The van der Waals surface area contributed by atoms with Gasteiger partial charge in [-0.15, -0.1) is 0 Å². The van der Waals surface area contributed by atoms with E-state index in [1.165, 1.54) is 20.1 Å². The third-order valence-corrected chi connectivity index (χ3v) is 2.81. The summed E-state index contributed by atoms with van der Waals surface area (Å²) in [7, 11) is 1.34. The van der Waals surface area contributed by atoms with E-state index in [0.717, 1.165) is 0 Å². The topological polar surface area (TPSA) is 72.5 Å². The van der Waals surface area contributed by atoms with Crippen LogP contribution in [0.1, 0.15) is 17.0 Å². The van der Waals surface area contributed by atoms with Crippen molar-refractivity contribution in [2.45, 2.75) is 12.8 Å².